The van der Waals surface area contributed by atoms with E-state index in [-0.39, 0.29) is 36.4 Å². The van der Waals surface area contributed by atoms with Gasteiger partial charge in [-0.3, -0.25) is 9.78 Å². The molecule has 5 aromatic rings. The Bertz CT molecular complexity index is 2130. The van der Waals surface area contributed by atoms with Crippen LogP contribution in [0.4, 0.5) is 4.79 Å². The van der Waals surface area contributed by atoms with E-state index in [4.69, 9.17) is 23.4 Å². The number of benzene rings is 4. The van der Waals surface area contributed by atoms with Crippen molar-refractivity contribution in [3.8, 4) is 39.6 Å². The van der Waals surface area contributed by atoms with Crippen LogP contribution >= 0.6 is 0 Å². The minimum atomic E-state index is -2.14. The lowest BCUT2D eigenvalue weighted by atomic mass is 9.98. The van der Waals surface area contributed by atoms with Gasteiger partial charge in [0.25, 0.3) is 0 Å². The van der Waals surface area contributed by atoms with Crippen LogP contribution in [-0.2, 0) is 26.9 Å². The maximum Gasteiger partial charge on any atom is 0.407 e. The predicted octanol–water partition coefficient (Wildman–Crippen LogP) is 9.27. The first-order valence-corrected chi connectivity index (χ1v) is 22.6. The molecule has 10 nitrogen and oxygen atoms in total. The molecular weight excluding hydrogens is 747 g/mol. The lowest BCUT2D eigenvalue weighted by Gasteiger charge is -2.37. The molecule has 2 amide bonds. The zero-order chi connectivity index (χ0) is 41.5. The van der Waals surface area contributed by atoms with E-state index >= 15 is 0 Å². The van der Waals surface area contributed by atoms with Crippen molar-refractivity contribution in [2.24, 2.45) is 0 Å². The van der Waals surface area contributed by atoms with Gasteiger partial charge in [0.15, 0.2) is 19.8 Å². The van der Waals surface area contributed by atoms with Crippen molar-refractivity contribution < 1.29 is 33.0 Å². The van der Waals surface area contributed by atoms with Gasteiger partial charge >= 0.3 is 6.09 Å². The quantitative estimate of drug-likeness (QED) is 0.0985. The highest BCUT2D eigenvalue weighted by Gasteiger charge is 2.37. The number of carbonyl (C=O) groups is 2. The molecule has 0 saturated carbocycles. The summed E-state index contributed by atoms with van der Waals surface area (Å²) < 4.78 is 29.3. The van der Waals surface area contributed by atoms with Crippen LogP contribution in [0.1, 0.15) is 48.9 Å². The SMILES string of the molecule is COc1cc(-c2cc(CN(CCO[Si](C)(C)C(C)(C)C)C(=O)[C@H](Cc3ccccc3)NC(=O)OCC3c4ccccc4-c4ccccc43)ccn2)cc(OC)c1OC. The molecule has 1 aliphatic rings. The number of carbonyl (C=O) groups excluding carboxylic acids is 2. The summed E-state index contributed by atoms with van der Waals surface area (Å²) in [5, 5.41) is 2.96. The Kier molecular flexibility index (Phi) is 13.2. The van der Waals surface area contributed by atoms with Crippen LogP contribution in [0.15, 0.2) is 109 Å². The van der Waals surface area contributed by atoms with Crippen molar-refractivity contribution >= 4 is 20.3 Å². The van der Waals surface area contributed by atoms with Crippen LogP contribution in [0.5, 0.6) is 17.2 Å². The molecule has 1 aromatic heterocycles. The monoisotopic (exact) mass is 801 g/mol. The third-order valence-electron chi connectivity index (χ3n) is 11.3. The Morgan fingerprint density at radius 3 is 1.98 bits per heavy atom. The molecule has 0 fully saturated rings. The highest BCUT2D eigenvalue weighted by atomic mass is 28.4. The van der Waals surface area contributed by atoms with E-state index in [2.05, 4.69) is 68.4 Å². The minimum absolute atomic E-state index is 0.0101. The maximum absolute atomic E-state index is 14.9. The lowest BCUT2D eigenvalue weighted by molar-refractivity contribution is -0.134. The maximum atomic E-state index is 14.9. The van der Waals surface area contributed by atoms with Crippen LogP contribution in [0.2, 0.25) is 18.1 Å². The Morgan fingerprint density at radius 2 is 1.40 bits per heavy atom. The van der Waals surface area contributed by atoms with E-state index in [0.29, 0.717) is 36.1 Å². The summed E-state index contributed by atoms with van der Waals surface area (Å²) >= 11 is 0. The minimum Gasteiger partial charge on any atom is -0.493 e. The molecule has 0 spiro atoms. The average molecular weight is 802 g/mol. The first-order valence-electron chi connectivity index (χ1n) is 19.7. The number of nitrogens with zero attached hydrogens (tertiary/aromatic N) is 2. The Hall–Kier alpha value is -5.65. The molecule has 1 aliphatic carbocycles. The number of rotatable bonds is 16. The van der Waals surface area contributed by atoms with Crippen molar-refractivity contribution in [2.45, 2.75) is 63.8 Å². The molecule has 1 N–H and O–H groups in total. The Balaban J connectivity index is 1.27. The van der Waals surface area contributed by atoms with Crippen LogP contribution < -0.4 is 19.5 Å². The van der Waals surface area contributed by atoms with Gasteiger partial charge in [-0.25, -0.2) is 4.79 Å². The molecule has 1 heterocycles. The second-order valence-electron chi connectivity index (χ2n) is 16.0. The smallest absolute Gasteiger partial charge is 0.407 e. The Labute approximate surface area is 343 Å². The fourth-order valence-corrected chi connectivity index (χ4v) is 8.16. The van der Waals surface area contributed by atoms with Gasteiger partial charge in [-0.2, -0.15) is 0 Å². The molecule has 0 bridgehead atoms. The lowest BCUT2D eigenvalue weighted by Crippen LogP contribution is -2.51. The molecule has 6 rings (SSSR count). The van der Waals surface area contributed by atoms with Crippen LogP contribution in [-0.4, -0.2) is 77.3 Å². The number of hydrogen-bond donors (Lipinski definition) is 1. The van der Waals surface area contributed by atoms with Crippen molar-refractivity contribution in [1.82, 2.24) is 15.2 Å². The second kappa shape index (κ2) is 18.3. The standard InChI is InChI=1S/C47H55N3O7Si/c1-47(2,3)58(7,8)57-25-24-50(30-33-22-23-48-40(27-33)34-28-42(53-4)44(55-6)43(29-34)54-5)45(51)41(26-32-16-10-9-11-17-32)49-46(52)56-31-39-37-20-14-12-18-35(37)36-19-13-15-21-38(36)39/h9-23,27-29,39,41H,24-26,30-31H2,1-8H3,(H,49,52)/t41-/m0/s1. The van der Waals surface area contributed by atoms with Crippen molar-refractivity contribution in [3.05, 3.63) is 132 Å². The molecule has 58 heavy (non-hydrogen) atoms. The summed E-state index contributed by atoms with van der Waals surface area (Å²) in [6, 6.07) is 32.7. The van der Waals surface area contributed by atoms with Crippen molar-refractivity contribution in [1.29, 1.82) is 0 Å². The zero-order valence-electron chi connectivity index (χ0n) is 34.8. The second-order valence-corrected chi connectivity index (χ2v) is 20.9. The van der Waals surface area contributed by atoms with Crippen LogP contribution in [0.25, 0.3) is 22.4 Å². The van der Waals surface area contributed by atoms with E-state index in [0.717, 1.165) is 38.9 Å². The van der Waals surface area contributed by atoms with E-state index < -0.39 is 20.5 Å². The fraction of sp³-hybridized carbons (Fsp3) is 0.340. The van der Waals surface area contributed by atoms with E-state index in [1.807, 2.05) is 78.9 Å². The number of fused-ring (bicyclic) bond motifs is 3. The first kappa shape index (κ1) is 42.0. The van der Waals surface area contributed by atoms with Crippen LogP contribution in [0.3, 0.4) is 0 Å². The summed E-state index contributed by atoms with van der Waals surface area (Å²) in [7, 11) is 2.57. The van der Waals surface area contributed by atoms with Gasteiger partial charge in [-0.15, -0.1) is 0 Å². The summed E-state index contributed by atoms with van der Waals surface area (Å²) in [5.74, 6) is 1.13. The van der Waals surface area contributed by atoms with Gasteiger partial charge in [-0.1, -0.05) is 99.6 Å². The number of methoxy groups -OCH3 is 3. The number of hydrogen-bond acceptors (Lipinski definition) is 8. The number of nitrogens with one attached hydrogen (secondary N) is 1. The van der Waals surface area contributed by atoms with Gasteiger partial charge in [0.2, 0.25) is 11.7 Å². The highest BCUT2D eigenvalue weighted by Crippen LogP contribution is 2.45. The topological polar surface area (TPSA) is 108 Å². The summed E-state index contributed by atoms with van der Waals surface area (Å²) in [6.45, 7) is 12.0. The third-order valence-corrected chi connectivity index (χ3v) is 15.9. The van der Waals surface area contributed by atoms with E-state index in [1.54, 1.807) is 32.4 Å². The summed E-state index contributed by atoms with van der Waals surface area (Å²) in [5.41, 5.74) is 7.70. The zero-order valence-corrected chi connectivity index (χ0v) is 35.8. The predicted molar refractivity (Wildman–Crippen MR) is 230 cm³/mol. The number of aromatic nitrogens is 1. The van der Waals surface area contributed by atoms with Crippen molar-refractivity contribution in [3.63, 3.8) is 0 Å². The average Bonchev–Trinajstić information content (AvgIpc) is 3.54. The van der Waals surface area contributed by atoms with Gasteiger partial charge < -0.3 is 33.6 Å². The molecule has 1 atom stereocenters. The Morgan fingerprint density at radius 1 is 0.793 bits per heavy atom. The van der Waals surface area contributed by atoms with Crippen molar-refractivity contribution in [2.75, 3.05) is 41.1 Å². The summed E-state index contributed by atoms with van der Waals surface area (Å²) in [4.78, 5) is 35.0. The largest absolute Gasteiger partial charge is 0.493 e. The third kappa shape index (κ3) is 9.54. The molecule has 304 valence electrons. The molecule has 0 unspecified atom stereocenters. The number of amides is 2. The van der Waals surface area contributed by atoms with Gasteiger partial charge in [0.1, 0.15) is 12.6 Å². The fourth-order valence-electron chi connectivity index (χ4n) is 7.13. The first-order chi connectivity index (χ1) is 27.8. The van der Waals surface area contributed by atoms with Gasteiger partial charge in [0, 0.05) is 37.2 Å². The number of ether oxygens (including phenoxy) is 4. The number of alkyl carbamates (subject to hydrolysis) is 1. The van der Waals surface area contributed by atoms with E-state index in [1.165, 1.54) is 0 Å². The van der Waals surface area contributed by atoms with E-state index in [9.17, 15) is 9.59 Å². The molecular formula is C47H55N3O7Si. The molecule has 0 saturated heterocycles. The summed E-state index contributed by atoms with van der Waals surface area (Å²) in [6.07, 6.45) is 1.34. The van der Waals surface area contributed by atoms with Gasteiger partial charge in [0.05, 0.1) is 33.6 Å². The normalized spacial score (nSPS) is 12.9. The molecule has 0 radical (unpaired) electrons. The van der Waals surface area contributed by atoms with Gasteiger partial charge in [-0.05, 0) is 75.8 Å². The molecule has 0 aliphatic heterocycles. The number of pyridine rings is 1. The molecule has 11 heteroatoms. The van der Waals surface area contributed by atoms with Crippen LogP contribution in [0, 0.1) is 0 Å². The highest BCUT2D eigenvalue weighted by molar-refractivity contribution is 6.74. The molecule has 4 aromatic carbocycles.